The maximum atomic E-state index is 12.5. The lowest BCUT2D eigenvalue weighted by Gasteiger charge is -2.09. The number of nitrogens with zero attached hydrogens (tertiary/aromatic N) is 1. The van der Waals surface area contributed by atoms with Crippen LogP contribution in [0.4, 0.5) is 0 Å². The Labute approximate surface area is 144 Å². The van der Waals surface area contributed by atoms with E-state index in [2.05, 4.69) is 4.98 Å². The Kier molecular flexibility index (Phi) is 4.91. The second-order valence-electron chi connectivity index (χ2n) is 5.16. The minimum Gasteiger partial charge on any atom is -0.496 e. The fourth-order valence-electron chi connectivity index (χ4n) is 2.39. The molecule has 0 atom stereocenters. The van der Waals surface area contributed by atoms with Crippen LogP contribution in [0.3, 0.4) is 0 Å². The molecule has 0 radical (unpaired) electrons. The molecule has 0 aliphatic heterocycles. The van der Waals surface area contributed by atoms with Crippen molar-refractivity contribution in [1.82, 2.24) is 4.98 Å². The van der Waals surface area contributed by atoms with Gasteiger partial charge in [0.15, 0.2) is 0 Å². The summed E-state index contributed by atoms with van der Waals surface area (Å²) in [5.41, 5.74) is 2.41. The molecule has 2 aromatic carbocycles. The lowest BCUT2D eigenvalue weighted by Crippen LogP contribution is -2.05. The van der Waals surface area contributed by atoms with Gasteiger partial charge in [0.05, 0.1) is 17.8 Å². The lowest BCUT2D eigenvalue weighted by atomic mass is 10.1. The topological polar surface area (TPSA) is 48.4 Å². The number of esters is 1. The van der Waals surface area contributed by atoms with Gasteiger partial charge in [0, 0.05) is 11.1 Å². The maximum absolute atomic E-state index is 12.5. The molecule has 1 aromatic heterocycles. The van der Waals surface area contributed by atoms with Crippen LogP contribution in [0.25, 0.3) is 11.3 Å². The van der Waals surface area contributed by atoms with E-state index in [9.17, 15) is 4.79 Å². The molecular formula is C19H17NO3S. The molecular weight excluding hydrogens is 322 g/mol. The molecule has 0 bridgehead atoms. The van der Waals surface area contributed by atoms with Gasteiger partial charge < -0.3 is 9.47 Å². The van der Waals surface area contributed by atoms with Crippen LogP contribution in [0.15, 0.2) is 54.6 Å². The Morgan fingerprint density at radius 3 is 2.54 bits per heavy atom. The highest BCUT2D eigenvalue weighted by molar-refractivity contribution is 7.14. The largest absolute Gasteiger partial charge is 0.496 e. The Hall–Kier alpha value is -2.66. The van der Waals surface area contributed by atoms with Gasteiger partial charge in [-0.2, -0.15) is 0 Å². The fourth-order valence-corrected chi connectivity index (χ4v) is 3.22. The molecule has 0 amide bonds. The van der Waals surface area contributed by atoms with Crippen molar-refractivity contribution >= 4 is 17.3 Å². The monoisotopic (exact) mass is 339 g/mol. The van der Waals surface area contributed by atoms with Crippen molar-refractivity contribution in [3.63, 3.8) is 0 Å². The SMILES string of the molecule is COc1ccccc1COC(=O)c1sc(C)nc1-c1ccccc1. The molecule has 0 N–H and O–H groups in total. The molecule has 3 rings (SSSR count). The van der Waals surface area contributed by atoms with E-state index in [4.69, 9.17) is 9.47 Å². The number of methoxy groups -OCH3 is 1. The Morgan fingerprint density at radius 1 is 1.08 bits per heavy atom. The summed E-state index contributed by atoms with van der Waals surface area (Å²) in [6.07, 6.45) is 0. The number of thiazole rings is 1. The third-order valence-corrected chi connectivity index (χ3v) is 4.47. The van der Waals surface area contributed by atoms with Crippen LogP contribution in [-0.2, 0) is 11.3 Å². The fraction of sp³-hybridized carbons (Fsp3) is 0.158. The molecule has 1 heterocycles. The number of carbonyl (C=O) groups excluding carboxylic acids is 1. The van der Waals surface area contributed by atoms with Crippen molar-refractivity contribution in [3.8, 4) is 17.0 Å². The number of hydrogen-bond donors (Lipinski definition) is 0. The van der Waals surface area contributed by atoms with Gasteiger partial charge in [0.2, 0.25) is 0 Å². The summed E-state index contributed by atoms with van der Waals surface area (Å²) in [5.74, 6) is 0.333. The predicted molar refractivity (Wildman–Crippen MR) is 94.4 cm³/mol. The third kappa shape index (κ3) is 3.46. The zero-order valence-electron chi connectivity index (χ0n) is 13.5. The van der Waals surface area contributed by atoms with Crippen molar-refractivity contribution in [2.24, 2.45) is 0 Å². The van der Waals surface area contributed by atoms with E-state index >= 15 is 0 Å². The standard InChI is InChI=1S/C19H17NO3S/c1-13-20-17(14-8-4-3-5-9-14)18(24-13)19(21)23-12-15-10-6-7-11-16(15)22-2/h3-11H,12H2,1-2H3. The van der Waals surface area contributed by atoms with Crippen LogP contribution in [0.1, 0.15) is 20.2 Å². The Bertz CT molecular complexity index is 843. The van der Waals surface area contributed by atoms with E-state index in [1.165, 1.54) is 11.3 Å². The summed E-state index contributed by atoms with van der Waals surface area (Å²) in [6, 6.07) is 17.1. The lowest BCUT2D eigenvalue weighted by molar-refractivity contribution is 0.0476. The van der Waals surface area contributed by atoms with E-state index in [1.807, 2.05) is 61.5 Å². The van der Waals surface area contributed by atoms with Gasteiger partial charge in [-0.1, -0.05) is 48.5 Å². The average molecular weight is 339 g/mol. The van der Waals surface area contributed by atoms with Gasteiger partial charge in [0.25, 0.3) is 0 Å². The van der Waals surface area contributed by atoms with Crippen molar-refractivity contribution in [2.45, 2.75) is 13.5 Å². The first-order chi connectivity index (χ1) is 11.7. The van der Waals surface area contributed by atoms with E-state index in [0.29, 0.717) is 16.3 Å². The number of aromatic nitrogens is 1. The number of rotatable bonds is 5. The van der Waals surface area contributed by atoms with Crippen LogP contribution in [0.5, 0.6) is 5.75 Å². The number of benzene rings is 2. The van der Waals surface area contributed by atoms with Gasteiger partial charge in [-0.15, -0.1) is 11.3 Å². The maximum Gasteiger partial charge on any atom is 0.350 e. The quantitative estimate of drug-likeness (QED) is 0.643. The zero-order chi connectivity index (χ0) is 16.9. The normalized spacial score (nSPS) is 10.4. The van der Waals surface area contributed by atoms with Crippen molar-refractivity contribution in [1.29, 1.82) is 0 Å². The van der Waals surface area contributed by atoms with Crippen LogP contribution in [0.2, 0.25) is 0 Å². The third-order valence-electron chi connectivity index (χ3n) is 3.52. The molecule has 0 unspecified atom stereocenters. The number of hydrogen-bond acceptors (Lipinski definition) is 5. The van der Waals surface area contributed by atoms with Crippen molar-refractivity contribution in [3.05, 3.63) is 70.0 Å². The number of para-hydroxylation sites is 1. The average Bonchev–Trinajstić information content (AvgIpc) is 3.02. The second-order valence-corrected chi connectivity index (χ2v) is 6.37. The minimum atomic E-state index is -0.370. The van der Waals surface area contributed by atoms with Crippen LogP contribution >= 0.6 is 11.3 Å². The summed E-state index contributed by atoms with van der Waals surface area (Å²) in [7, 11) is 1.60. The van der Waals surface area contributed by atoms with Crippen LogP contribution < -0.4 is 4.74 Å². The molecule has 122 valence electrons. The van der Waals surface area contributed by atoms with Gasteiger partial charge in [-0.05, 0) is 13.0 Å². The van der Waals surface area contributed by atoms with Gasteiger partial charge >= 0.3 is 5.97 Å². The highest BCUT2D eigenvalue weighted by Gasteiger charge is 2.20. The first kappa shape index (κ1) is 16.2. The van der Waals surface area contributed by atoms with Gasteiger partial charge in [0.1, 0.15) is 17.2 Å². The number of aryl methyl sites for hydroxylation is 1. The summed E-state index contributed by atoms with van der Waals surface area (Å²) in [6.45, 7) is 2.04. The smallest absolute Gasteiger partial charge is 0.350 e. The molecule has 0 spiro atoms. The van der Waals surface area contributed by atoms with E-state index < -0.39 is 0 Å². The molecule has 4 nitrogen and oxygen atoms in total. The second kappa shape index (κ2) is 7.27. The highest BCUT2D eigenvalue weighted by Crippen LogP contribution is 2.29. The highest BCUT2D eigenvalue weighted by atomic mass is 32.1. The molecule has 3 aromatic rings. The first-order valence-electron chi connectivity index (χ1n) is 7.51. The van der Waals surface area contributed by atoms with Gasteiger partial charge in [-0.25, -0.2) is 9.78 Å². The summed E-state index contributed by atoms with van der Waals surface area (Å²) in [5, 5.41) is 0.832. The summed E-state index contributed by atoms with van der Waals surface area (Å²) < 4.78 is 10.8. The first-order valence-corrected chi connectivity index (χ1v) is 8.32. The Balaban J connectivity index is 1.81. The van der Waals surface area contributed by atoms with E-state index in [0.717, 1.165) is 16.1 Å². The summed E-state index contributed by atoms with van der Waals surface area (Å²) >= 11 is 1.35. The molecule has 24 heavy (non-hydrogen) atoms. The number of carbonyl (C=O) groups is 1. The number of ether oxygens (including phenoxy) is 2. The minimum absolute atomic E-state index is 0.161. The molecule has 0 saturated heterocycles. The van der Waals surface area contributed by atoms with E-state index in [1.54, 1.807) is 7.11 Å². The molecule has 5 heteroatoms. The van der Waals surface area contributed by atoms with Crippen molar-refractivity contribution in [2.75, 3.05) is 7.11 Å². The zero-order valence-corrected chi connectivity index (χ0v) is 14.3. The van der Waals surface area contributed by atoms with E-state index in [-0.39, 0.29) is 12.6 Å². The van der Waals surface area contributed by atoms with Crippen LogP contribution in [-0.4, -0.2) is 18.1 Å². The predicted octanol–water partition coefficient (Wildman–Crippen LogP) is 4.48. The molecule has 0 fully saturated rings. The Morgan fingerprint density at radius 2 is 1.79 bits per heavy atom. The molecule has 0 aliphatic rings. The van der Waals surface area contributed by atoms with Crippen LogP contribution in [0, 0.1) is 6.92 Å². The summed E-state index contributed by atoms with van der Waals surface area (Å²) in [4.78, 5) is 17.5. The van der Waals surface area contributed by atoms with Crippen molar-refractivity contribution < 1.29 is 14.3 Å². The molecule has 0 aliphatic carbocycles. The molecule has 0 saturated carbocycles. The van der Waals surface area contributed by atoms with Gasteiger partial charge in [-0.3, -0.25) is 0 Å².